The minimum atomic E-state index is -0.732. The molecule has 0 bridgehead atoms. The summed E-state index contributed by atoms with van der Waals surface area (Å²) in [6, 6.07) is 8.13. The highest BCUT2D eigenvalue weighted by Crippen LogP contribution is 2.39. The lowest BCUT2D eigenvalue weighted by atomic mass is 10.2. The van der Waals surface area contributed by atoms with E-state index >= 15 is 0 Å². The lowest BCUT2D eigenvalue weighted by Crippen LogP contribution is -2.13. The summed E-state index contributed by atoms with van der Waals surface area (Å²) in [5.41, 5.74) is 0.495. The van der Waals surface area contributed by atoms with Gasteiger partial charge in [0.1, 0.15) is 22.3 Å². The molecule has 5 nitrogen and oxygen atoms in total. The molecule has 0 aliphatic carbocycles. The van der Waals surface area contributed by atoms with Crippen molar-refractivity contribution in [3.63, 3.8) is 0 Å². The molecule has 3 aromatic rings. The number of halogens is 2. The maximum atomic E-state index is 13.7. The number of nitrogens with one attached hydrogen (secondary N) is 1. The fraction of sp³-hybridized carbons (Fsp3) is 0.111. The predicted molar refractivity (Wildman–Crippen MR) is 95.0 cm³/mol. The highest BCUT2D eigenvalue weighted by Gasteiger charge is 2.18. The standard InChI is InChI=1S/C18H14F2N2O3S/c1-24-15-5-3-4-11(16(15)25-2)18-22-14(9-26-18)17(23)21-13-8-10(19)6-7-12(13)20/h3-9H,1-2H3,(H,21,23). The fourth-order valence-electron chi connectivity index (χ4n) is 2.34. The van der Waals surface area contributed by atoms with Crippen LogP contribution in [0.1, 0.15) is 10.5 Å². The molecule has 0 saturated carbocycles. The summed E-state index contributed by atoms with van der Waals surface area (Å²) in [6.07, 6.45) is 0. The number of anilines is 1. The summed E-state index contributed by atoms with van der Waals surface area (Å²) < 4.78 is 37.5. The molecule has 0 radical (unpaired) electrons. The highest BCUT2D eigenvalue weighted by atomic mass is 32.1. The molecule has 8 heteroatoms. The average Bonchev–Trinajstić information content (AvgIpc) is 3.14. The number of nitrogens with zero attached hydrogens (tertiary/aromatic N) is 1. The first-order chi connectivity index (χ1) is 12.5. The minimum Gasteiger partial charge on any atom is -0.493 e. The number of carbonyl (C=O) groups is 1. The number of methoxy groups -OCH3 is 2. The van der Waals surface area contributed by atoms with Crippen LogP contribution in [0.15, 0.2) is 41.8 Å². The molecule has 0 aliphatic rings. The maximum absolute atomic E-state index is 13.7. The van der Waals surface area contributed by atoms with Crippen LogP contribution in [0.25, 0.3) is 10.6 Å². The van der Waals surface area contributed by atoms with Gasteiger partial charge >= 0.3 is 0 Å². The number of thiazole rings is 1. The molecule has 0 unspecified atom stereocenters. The molecular weight excluding hydrogens is 362 g/mol. The number of aromatic nitrogens is 1. The van der Waals surface area contributed by atoms with Gasteiger partial charge in [-0.3, -0.25) is 4.79 Å². The molecule has 134 valence electrons. The van der Waals surface area contributed by atoms with Crippen LogP contribution < -0.4 is 14.8 Å². The van der Waals surface area contributed by atoms with E-state index in [1.54, 1.807) is 18.2 Å². The van der Waals surface area contributed by atoms with E-state index < -0.39 is 17.5 Å². The molecule has 1 amide bonds. The quantitative estimate of drug-likeness (QED) is 0.719. The van der Waals surface area contributed by atoms with Gasteiger partial charge in [0, 0.05) is 11.4 Å². The van der Waals surface area contributed by atoms with Crippen molar-refractivity contribution in [3.05, 3.63) is 59.1 Å². The second-order valence-electron chi connectivity index (χ2n) is 5.16. The van der Waals surface area contributed by atoms with Crippen molar-refractivity contribution in [1.29, 1.82) is 0 Å². The Labute approximate surface area is 152 Å². The molecule has 0 saturated heterocycles. The van der Waals surface area contributed by atoms with Crippen LogP contribution in [-0.2, 0) is 0 Å². The normalized spacial score (nSPS) is 10.5. The minimum absolute atomic E-state index is 0.0820. The topological polar surface area (TPSA) is 60.5 Å². The first-order valence-electron chi connectivity index (χ1n) is 7.46. The van der Waals surface area contributed by atoms with Crippen molar-refractivity contribution in [2.24, 2.45) is 0 Å². The number of carbonyl (C=O) groups excluding carboxylic acids is 1. The number of hydrogen-bond acceptors (Lipinski definition) is 5. The second-order valence-corrected chi connectivity index (χ2v) is 6.02. The van der Waals surface area contributed by atoms with Crippen molar-refractivity contribution in [1.82, 2.24) is 4.98 Å². The zero-order valence-corrected chi connectivity index (χ0v) is 14.7. The Morgan fingerprint density at radius 1 is 1.15 bits per heavy atom. The average molecular weight is 376 g/mol. The first kappa shape index (κ1) is 17.8. The Morgan fingerprint density at radius 3 is 2.69 bits per heavy atom. The van der Waals surface area contributed by atoms with Crippen molar-refractivity contribution in [3.8, 4) is 22.1 Å². The van der Waals surface area contributed by atoms with Gasteiger partial charge in [0.05, 0.1) is 25.5 Å². The van der Waals surface area contributed by atoms with Gasteiger partial charge in [0.15, 0.2) is 11.5 Å². The molecule has 1 heterocycles. The monoisotopic (exact) mass is 376 g/mol. The molecule has 26 heavy (non-hydrogen) atoms. The Morgan fingerprint density at radius 2 is 1.96 bits per heavy atom. The third-order valence-corrected chi connectivity index (χ3v) is 4.42. The maximum Gasteiger partial charge on any atom is 0.275 e. The van der Waals surface area contributed by atoms with E-state index in [9.17, 15) is 13.6 Å². The van der Waals surface area contributed by atoms with Crippen LogP contribution in [0.4, 0.5) is 14.5 Å². The lowest BCUT2D eigenvalue weighted by Gasteiger charge is -2.10. The van der Waals surface area contributed by atoms with Gasteiger partial charge in [0.2, 0.25) is 0 Å². The Kier molecular flexibility index (Phi) is 5.13. The van der Waals surface area contributed by atoms with E-state index in [0.717, 1.165) is 18.2 Å². The van der Waals surface area contributed by atoms with Crippen LogP contribution in [0.2, 0.25) is 0 Å². The van der Waals surface area contributed by atoms with Gasteiger partial charge < -0.3 is 14.8 Å². The van der Waals surface area contributed by atoms with E-state index in [2.05, 4.69) is 10.3 Å². The number of benzene rings is 2. The van der Waals surface area contributed by atoms with Gasteiger partial charge in [-0.2, -0.15) is 0 Å². The highest BCUT2D eigenvalue weighted by molar-refractivity contribution is 7.13. The Balaban J connectivity index is 1.88. The van der Waals surface area contributed by atoms with Gasteiger partial charge in [-0.05, 0) is 24.3 Å². The fourth-order valence-corrected chi connectivity index (χ4v) is 3.16. The van der Waals surface area contributed by atoms with Crippen molar-refractivity contribution >= 4 is 22.9 Å². The van der Waals surface area contributed by atoms with Crippen LogP contribution >= 0.6 is 11.3 Å². The molecule has 1 N–H and O–H groups in total. The van der Waals surface area contributed by atoms with E-state index in [-0.39, 0.29) is 11.4 Å². The molecule has 0 fully saturated rings. The molecular formula is C18H14F2N2O3S. The summed E-state index contributed by atoms with van der Waals surface area (Å²) in [5.74, 6) is -0.995. The van der Waals surface area contributed by atoms with Crippen molar-refractivity contribution in [2.45, 2.75) is 0 Å². The number of amides is 1. The van der Waals surface area contributed by atoms with Gasteiger partial charge in [-0.15, -0.1) is 11.3 Å². The van der Waals surface area contributed by atoms with E-state index in [4.69, 9.17) is 9.47 Å². The molecule has 2 aromatic carbocycles. The van der Waals surface area contributed by atoms with Gasteiger partial charge in [0.25, 0.3) is 5.91 Å². The summed E-state index contributed by atoms with van der Waals surface area (Å²) >= 11 is 1.22. The zero-order valence-electron chi connectivity index (χ0n) is 13.9. The largest absolute Gasteiger partial charge is 0.493 e. The van der Waals surface area contributed by atoms with Crippen molar-refractivity contribution < 1.29 is 23.0 Å². The Hall–Kier alpha value is -3.00. The third-order valence-electron chi connectivity index (χ3n) is 3.55. The van der Waals surface area contributed by atoms with Gasteiger partial charge in [-0.1, -0.05) is 6.07 Å². The lowest BCUT2D eigenvalue weighted by molar-refractivity contribution is 0.102. The van der Waals surface area contributed by atoms with Crippen molar-refractivity contribution in [2.75, 3.05) is 19.5 Å². The zero-order chi connectivity index (χ0) is 18.7. The van der Waals surface area contributed by atoms with Crippen LogP contribution in [-0.4, -0.2) is 25.1 Å². The van der Waals surface area contributed by atoms with E-state index in [1.807, 2.05) is 0 Å². The van der Waals surface area contributed by atoms with E-state index in [0.29, 0.717) is 22.1 Å². The molecule has 0 spiro atoms. The molecule has 3 rings (SSSR count). The summed E-state index contributed by atoms with van der Waals surface area (Å²) in [7, 11) is 3.03. The SMILES string of the molecule is COc1cccc(-c2nc(C(=O)Nc3cc(F)ccc3F)cs2)c1OC. The molecule has 0 atom stereocenters. The van der Waals surface area contributed by atoms with E-state index in [1.165, 1.54) is 30.9 Å². The number of rotatable bonds is 5. The molecule has 1 aromatic heterocycles. The summed E-state index contributed by atoms with van der Waals surface area (Å²) in [6.45, 7) is 0. The summed E-state index contributed by atoms with van der Waals surface area (Å²) in [4.78, 5) is 16.6. The first-order valence-corrected chi connectivity index (χ1v) is 8.34. The predicted octanol–water partition coefficient (Wildman–Crippen LogP) is 4.36. The summed E-state index contributed by atoms with van der Waals surface area (Å²) in [5, 5.41) is 4.38. The number of ether oxygens (including phenoxy) is 2. The number of hydrogen-bond donors (Lipinski definition) is 1. The van der Waals surface area contributed by atoms with Crippen LogP contribution in [0, 0.1) is 11.6 Å². The number of para-hydroxylation sites is 1. The van der Waals surface area contributed by atoms with Crippen LogP contribution in [0.3, 0.4) is 0 Å². The Bertz CT molecular complexity index is 959. The second kappa shape index (κ2) is 7.49. The smallest absolute Gasteiger partial charge is 0.275 e. The molecule has 0 aliphatic heterocycles. The van der Waals surface area contributed by atoms with Gasteiger partial charge in [-0.25, -0.2) is 13.8 Å². The third kappa shape index (κ3) is 3.50. The van der Waals surface area contributed by atoms with Crippen LogP contribution in [0.5, 0.6) is 11.5 Å².